The maximum atomic E-state index is 5.87. The number of anilines is 1. The molecule has 0 aliphatic rings. The first-order valence-corrected chi connectivity index (χ1v) is 5.43. The van der Waals surface area contributed by atoms with E-state index in [1.54, 1.807) is 12.3 Å². The van der Waals surface area contributed by atoms with Crippen molar-refractivity contribution in [2.24, 2.45) is 4.99 Å². The SMILES string of the molecule is CC(=Nc1ccnc(Cl)n1)c1ccccc1N. The summed E-state index contributed by atoms with van der Waals surface area (Å²) < 4.78 is 0. The van der Waals surface area contributed by atoms with Gasteiger partial charge in [-0.2, -0.15) is 4.98 Å². The summed E-state index contributed by atoms with van der Waals surface area (Å²) in [6.07, 6.45) is 1.57. The van der Waals surface area contributed by atoms with Crippen LogP contribution in [-0.4, -0.2) is 15.7 Å². The van der Waals surface area contributed by atoms with Gasteiger partial charge in [0.15, 0.2) is 5.82 Å². The van der Waals surface area contributed by atoms with Crippen LogP contribution in [-0.2, 0) is 0 Å². The quantitative estimate of drug-likeness (QED) is 0.503. The predicted octanol–water partition coefficient (Wildman–Crippen LogP) is 2.85. The van der Waals surface area contributed by atoms with E-state index in [0.29, 0.717) is 11.5 Å². The second kappa shape index (κ2) is 4.93. The molecule has 0 spiro atoms. The zero-order valence-corrected chi connectivity index (χ0v) is 10.0. The van der Waals surface area contributed by atoms with Crippen LogP contribution in [0.15, 0.2) is 41.5 Å². The molecule has 1 aromatic carbocycles. The number of nitrogen functional groups attached to an aromatic ring is 1. The second-order valence-corrected chi connectivity index (χ2v) is 3.81. The number of hydrogen-bond acceptors (Lipinski definition) is 4. The molecule has 0 radical (unpaired) electrons. The zero-order valence-electron chi connectivity index (χ0n) is 9.26. The summed E-state index contributed by atoms with van der Waals surface area (Å²) in [5.41, 5.74) is 8.23. The van der Waals surface area contributed by atoms with Crippen molar-refractivity contribution in [3.63, 3.8) is 0 Å². The highest BCUT2D eigenvalue weighted by Gasteiger charge is 2.02. The molecule has 1 heterocycles. The number of rotatable bonds is 2. The summed E-state index contributed by atoms with van der Waals surface area (Å²) in [5.74, 6) is 0.519. The van der Waals surface area contributed by atoms with E-state index in [1.807, 2.05) is 31.2 Å². The Morgan fingerprint density at radius 2 is 2.06 bits per heavy atom. The molecule has 0 amide bonds. The number of aliphatic imine (C=N–C) groups is 1. The van der Waals surface area contributed by atoms with Gasteiger partial charge in [0.2, 0.25) is 5.28 Å². The number of hydrogen-bond donors (Lipinski definition) is 1. The van der Waals surface area contributed by atoms with E-state index in [-0.39, 0.29) is 5.28 Å². The average Bonchev–Trinajstić information content (AvgIpc) is 2.29. The van der Waals surface area contributed by atoms with Crippen molar-refractivity contribution in [3.8, 4) is 0 Å². The number of nitrogens with two attached hydrogens (primary N) is 1. The van der Waals surface area contributed by atoms with Gasteiger partial charge in [-0.05, 0) is 24.6 Å². The van der Waals surface area contributed by atoms with Gasteiger partial charge in [-0.25, -0.2) is 9.98 Å². The van der Waals surface area contributed by atoms with Gasteiger partial charge in [0.1, 0.15) is 0 Å². The molecule has 4 nitrogen and oxygen atoms in total. The van der Waals surface area contributed by atoms with E-state index in [0.717, 1.165) is 11.3 Å². The van der Waals surface area contributed by atoms with Crippen LogP contribution in [0.2, 0.25) is 5.28 Å². The Hall–Kier alpha value is -1.94. The van der Waals surface area contributed by atoms with E-state index in [4.69, 9.17) is 17.3 Å². The van der Waals surface area contributed by atoms with Gasteiger partial charge >= 0.3 is 0 Å². The van der Waals surface area contributed by atoms with Crippen molar-refractivity contribution < 1.29 is 0 Å². The molecule has 0 aliphatic carbocycles. The van der Waals surface area contributed by atoms with E-state index < -0.39 is 0 Å². The van der Waals surface area contributed by atoms with E-state index in [1.165, 1.54) is 0 Å². The summed E-state index contributed by atoms with van der Waals surface area (Å²) in [6, 6.07) is 9.23. The molecule has 86 valence electrons. The fraction of sp³-hybridized carbons (Fsp3) is 0.0833. The molecule has 0 saturated heterocycles. The molecular formula is C12H11ClN4. The Balaban J connectivity index is 2.38. The second-order valence-electron chi connectivity index (χ2n) is 3.47. The van der Waals surface area contributed by atoms with Crippen molar-refractivity contribution in [2.45, 2.75) is 6.92 Å². The number of halogens is 1. The molecule has 0 unspecified atom stereocenters. The van der Waals surface area contributed by atoms with Crippen LogP contribution in [0.1, 0.15) is 12.5 Å². The van der Waals surface area contributed by atoms with Crippen molar-refractivity contribution in [1.29, 1.82) is 0 Å². The molecule has 0 saturated carbocycles. The summed E-state index contributed by atoms with van der Waals surface area (Å²) in [6.45, 7) is 1.88. The molecule has 2 N–H and O–H groups in total. The summed E-state index contributed by atoms with van der Waals surface area (Å²) in [7, 11) is 0. The molecule has 1 aromatic heterocycles. The molecule has 0 aliphatic heterocycles. The minimum absolute atomic E-state index is 0.181. The third kappa shape index (κ3) is 2.79. The van der Waals surface area contributed by atoms with Crippen LogP contribution in [0.5, 0.6) is 0 Å². The van der Waals surface area contributed by atoms with Crippen LogP contribution in [0.4, 0.5) is 11.5 Å². The molecule has 5 heteroatoms. The molecule has 2 aromatic rings. The molecule has 0 bridgehead atoms. The molecular weight excluding hydrogens is 236 g/mol. The van der Waals surface area contributed by atoms with E-state index in [2.05, 4.69) is 15.0 Å². The van der Waals surface area contributed by atoms with E-state index >= 15 is 0 Å². The Morgan fingerprint density at radius 3 is 2.76 bits per heavy atom. The first-order valence-electron chi connectivity index (χ1n) is 5.05. The standard InChI is InChI=1S/C12H11ClN4/c1-8(9-4-2-3-5-10(9)14)16-11-6-7-15-12(13)17-11/h2-7H,14H2,1H3. The van der Waals surface area contributed by atoms with Crippen LogP contribution < -0.4 is 5.73 Å². The van der Waals surface area contributed by atoms with Crippen LogP contribution in [0.25, 0.3) is 0 Å². The first-order chi connectivity index (χ1) is 8.16. The zero-order chi connectivity index (χ0) is 12.3. The number of para-hydroxylation sites is 1. The van der Waals surface area contributed by atoms with Gasteiger partial charge in [-0.15, -0.1) is 0 Å². The van der Waals surface area contributed by atoms with Crippen molar-refractivity contribution >= 4 is 28.8 Å². The average molecular weight is 247 g/mol. The minimum atomic E-state index is 0.181. The van der Waals surface area contributed by atoms with Crippen molar-refractivity contribution in [3.05, 3.63) is 47.4 Å². The summed E-state index contributed by atoms with van der Waals surface area (Å²) >= 11 is 5.69. The van der Waals surface area contributed by atoms with Crippen molar-refractivity contribution in [2.75, 3.05) is 5.73 Å². The third-order valence-electron chi connectivity index (χ3n) is 2.24. The monoisotopic (exact) mass is 246 g/mol. The highest BCUT2D eigenvalue weighted by Crippen LogP contribution is 2.16. The third-order valence-corrected chi connectivity index (χ3v) is 2.43. The lowest BCUT2D eigenvalue weighted by molar-refractivity contribution is 1.15. The van der Waals surface area contributed by atoms with Crippen molar-refractivity contribution in [1.82, 2.24) is 9.97 Å². The Kier molecular flexibility index (Phi) is 3.35. The largest absolute Gasteiger partial charge is 0.398 e. The van der Waals surface area contributed by atoms with E-state index in [9.17, 15) is 0 Å². The lowest BCUT2D eigenvalue weighted by atomic mass is 10.1. The highest BCUT2D eigenvalue weighted by molar-refractivity contribution is 6.28. The molecule has 0 atom stereocenters. The van der Waals surface area contributed by atoms with Crippen LogP contribution in [0, 0.1) is 0 Å². The Labute approximate surface area is 104 Å². The smallest absolute Gasteiger partial charge is 0.224 e. The fourth-order valence-electron chi connectivity index (χ4n) is 1.45. The number of benzene rings is 1. The van der Waals surface area contributed by atoms with Gasteiger partial charge in [-0.3, -0.25) is 0 Å². The molecule has 0 fully saturated rings. The first kappa shape index (κ1) is 11.5. The maximum Gasteiger partial charge on any atom is 0.224 e. The maximum absolute atomic E-state index is 5.87. The lowest BCUT2D eigenvalue weighted by Gasteiger charge is -2.04. The Morgan fingerprint density at radius 1 is 1.29 bits per heavy atom. The topological polar surface area (TPSA) is 64.2 Å². The highest BCUT2D eigenvalue weighted by atomic mass is 35.5. The molecule has 2 rings (SSSR count). The predicted molar refractivity (Wildman–Crippen MR) is 69.8 cm³/mol. The van der Waals surface area contributed by atoms with Gasteiger partial charge in [0.25, 0.3) is 0 Å². The van der Waals surface area contributed by atoms with Crippen LogP contribution in [0.3, 0.4) is 0 Å². The fourth-order valence-corrected chi connectivity index (χ4v) is 1.59. The lowest BCUT2D eigenvalue weighted by Crippen LogP contribution is -2.00. The normalized spacial score (nSPS) is 11.5. The summed E-state index contributed by atoms with van der Waals surface area (Å²) in [5, 5.41) is 0.181. The van der Waals surface area contributed by atoms with Crippen LogP contribution >= 0.6 is 11.6 Å². The number of nitrogens with zero attached hydrogens (tertiary/aromatic N) is 3. The van der Waals surface area contributed by atoms with Gasteiger partial charge in [0, 0.05) is 29.2 Å². The van der Waals surface area contributed by atoms with Gasteiger partial charge in [-0.1, -0.05) is 18.2 Å². The van der Waals surface area contributed by atoms with Gasteiger partial charge in [0.05, 0.1) is 0 Å². The molecule has 17 heavy (non-hydrogen) atoms. The summed E-state index contributed by atoms with van der Waals surface area (Å²) in [4.78, 5) is 12.1. The minimum Gasteiger partial charge on any atom is -0.398 e. The number of aromatic nitrogens is 2. The Bertz CT molecular complexity index is 566. The van der Waals surface area contributed by atoms with Gasteiger partial charge < -0.3 is 5.73 Å².